The number of hydrogen-bond donors (Lipinski definition) is 4. The molecule has 0 aliphatic rings. The van der Waals surface area contributed by atoms with Crippen molar-refractivity contribution in [2.75, 3.05) is 12.3 Å². The maximum atomic E-state index is 13.5. The number of nitrogens with two attached hydrogens (primary N) is 1. The third-order valence-electron chi connectivity index (χ3n) is 6.14. The minimum atomic E-state index is -0.413. The number of carbonyl (C=O) groups excluding carboxylic acids is 2. The van der Waals surface area contributed by atoms with Crippen LogP contribution < -0.4 is 11.1 Å². The van der Waals surface area contributed by atoms with Crippen molar-refractivity contribution in [1.29, 1.82) is 0 Å². The average molecular weight is 596 g/mol. The number of ketones is 1. The van der Waals surface area contributed by atoms with E-state index < -0.39 is 5.91 Å². The molecule has 5 N–H and O–H groups in total. The molecule has 1 amide bonds. The first-order chi connectivity index (χ1) is 17.8. The minimum Gasteiger partial charge on any atom is -0.385 e. The van der Waals surface area contributed by atoms with Gasteiger partial charge < -0.3 is 21.0 Å². The Morgan fingerprint density at radius 1 is 1.00 bits per heavy atom. The molecule has 2 heterocycles. The molecule has 3 aromatic carbocycles. The Labute approximate surface area is 231 Å². The maximum Gasteiger partial charge on any atom is 0.255 e. The van der Waals surface area contributed by atoms with E-state index in [2.05, 4.69) is 31.2 Å². The van der Waals surface area contributed by atoms with Crippen LogP contribution in [0.5, 0.6) is 0 Å². The monoisotopic (exact) mass is 594 g/mol. The van der Waals surface area contributed by atoms with E-state index in [4.69, 9.17) is 28.9 Å². The highest BCUT2D eigenvalue weighted by molar-refractivity contribution is 9.10. The number of rotatable bonds is 7. The van der Waals surface area contributed by atoms with Crippen LogP contribution in [0.1, 0.15) is 32.0 Å². The van der Waals surface area contributed by atoms with Gasteiger partial charge in [-0.15, -0.1) is 0 Å². The molecule has 186 valence electrons. The van der Waals surface area contributed by atoms with E-state index in [1.807, 2.05) is 30.5 Å². The standard InChI is InChI=1S/C28H21BrCl2N4O2/c29-17-7-5-15(6-8-17)26(36)25-23(20-10-9-18(30)13-21(20)31)24(27(32)35-25)28(37)33-12-11-16-14-34-22-4-2-1-3-19(16)22/h1-10,13-14,34-35H,11-12,32H2,(H,33,37). The van der Waals surface area contributed by atoms with Crippen molar-refractivity contribution in [2.45, 2.75) is 6.42 Å². The molecule has 0 fully saturated rings. The van der Waals surface area contributed by atoms with Crippen molar-refractivity contribution in [3.05, 3.63) is 110 Å². The van der Waals surface area contributed by atoms with Crippen LogP contribution in [0.25, 0.3) is 22.0 Å². The summed E-state index contributed by atoms with van der Waals surface area (Å²) in [4.78, 5) is 33.1. The molecule has 0 saturated heterocycles. The number of nitrogens with one attached hydrogen (secondary N) is 3. The van der Waals surface area contributed by atoms with Crippen LogP contribution in [0.4, 0.5) is 5.82 Å². The fourth-order valence-electron chi connectivity index (χ4n) is 4.37. The number of aromatic amines is 2. The molecule has 5 aromatic rings. The number of fused-ring (bicyclic) bond motifs is 1. The van der Waals surface area contributed by atoms with Crippen LogP contribution in [0.2, 0.25) is 10.0 Å². The molecule has 0 unspecified atom stereocenters. The SMILES string of the molecule is Nc1[nH]c(C(=O)c2ccc(Br)cc2)c(-c2ccc(Cl)cc2Cl)c1C(=O)NCCc1c[nH]c2ccccc12. The summed E-state index contributed by atoms with van der Waals surface area (Å²) < 4.78 is 0.839. The van der Waals surface area contributed by atoms with Gasteiger partial charge in [0.1, 0.15) is 5.82 Å². The highest BCUT2D eigenvalue weighted by Gasteiger charge is 2.28. The van der Waals surface area contributed by atoms with E-state index in [9.17, 15) is 9.59 Å². The van der Waals surface area contributed by atoms with Crippen LogP contribution in [-0.2, 0) is 6.42 Å². The summed E-state index contributed by atoms with van der Waals surface area (Å²) in [5.74, 6) is -0.659. The molecule has 0 bridgehead atoms. The van der Waals surface area contributed by atoms with Gasteiger partial charge in [-0.2, -0.15) is 0 Å². The second kappa shape index (κ2) is 10.5. The highest BCUT2D eigenvalue weighted by atomic mass is 79.9. The number of anilines is 1. The molecule has 0 aliphatic heterocycles. The molecular weight excluding hydrogens is 575 g/mol. The van der Waals surface area contributed by atoms with E-state index in [1.165, 1.54) is 0 Å². The summed E-state index contributed by atoms with van der Waals surface area (Å²) in [6.45, 7) is 0.370. The zero-order valence-corrected chi connectivity index (χ0v) is 22.5. The molecule has 37 heavy (non-hydrogen) atoms. The van der Waals surface area contributed by atoms with Crippen LogP contribution in [-0.4, -0.2) is 28.2 Å². The quantitative estimate of drug-likeness (QED) is 0.152. The van der Waals surface area contributed by atoms with Crippen LogP contribution in [0.15, 0.2) is 77.4 Å². The molecule has 0 spiro atoms. The molecule has 0 aliphatic carbocycles. The normalized spacial score (nSPS) is 11.1. The number of halogens is 3. The number of aromatic nitrogens is 2. The summed E-state index contributed by atoms with van der Waals surface area (Å²) in [7, 11) is 0. The molecule has 0 atom stereocenters. The van der Waals surface area contributed by atoms with Gasteiger partial charge in [0.05, 0.1) is 11.3 Å². The second-order valence-electron chi connectivity index (χ2n) is 8.49. The van der Waals surface area contributed by atoms with Gasteiger partial charge in [-0.05, 0) is 54.4 Å². The van der Waals surface area contributed by atoms with Gasteiger partial charge in [-0.25, -0.2) is 0 Å². The first-order valence-corrected chi connectivity index (χ1v) is 13.0. The van der Waals surface area contributed by atoms with Gasteiger partial charge in [0.15, 0.2) is 0 Å². The predicted molar refractivity (Wildman–Crippen MR) is 153 cm³/mol. The summed E-state index contributed by atoms with van der Waals surface area (Å²) in [6.07, 6.45) is 2.55. The molecule has 0 radical (unpaired) electrons. The molecule has 5 rings (SSSR count). The molecule has 6 nitrogen and oxygen atoms in total. The molecule has 0 saturated carbocycles. The van der Waals surface area contributed by atoms with E-state index >= 15 is 0 Å². The van der Waals surface area contributed by atoms with E-state index in [-0.39, 0.29) is 22.9 Å². The van der Waals surface area contributed by atoms with Crippen LogP contribution >= 0.6 is 39.1 Å². The van der Waals surface area contributed by atoms with Gasteiger partial charge in [0, 0.05) is 54.9 Å². The number of carbonyl (C=O) groups is 2. The van der Waals surface area contributed by atoms with Gasteiger partial charge >= 0.3 is 0 Å². The minimum absolute atomic E-state index is 0.0751. The largest absolute Gasteiger partial charge is 0.385 e. The number of para-hydroxylation sites is 1. The third kappa shape index (κ3) is 5.03. The van der Waals surface area contributed by atoms with Crippen LogP contribution in [0, 0.1) is 0 Å². The lowest BCUT2D eigenvalue weighted by atomic mass is 9.96. The molecule has 2 aromatic heterocycles. The zero-order chi connectivity index (χ0) is 26.1. The average Bonchev–Trinajstić information content (AvgIpc) is 3.45. The van der Waals surface area contributed by atoms with E-state index in [1.54, 1.807) is 42.5 Å². The number of amides is 1. The van der Waals surface area contributed by atoms with Gasteiger partial charge in [0.2, 0.25) is 5.78 Å². The Hall–Kier alpha value is -3.52. The van der Waals surface area contributed by atoms with E-state index in [0.29, 0.717) is 39.7 Å². The zero-order valence-electron chi connectivity index (χ0n) is 19.4. The van der Waals surface area contributed by atoms with Gasteiger partial charge in [-0.3, -0.25) is 9.59 Å². The number of benzene rings is 3. The van der Waals surface area contributed by atoms with Gasteiger partial charge in [-0.1, -0.05) is 63.4 Å². The Balaban J connectivity index is 1.50. The van der Waals surface area contributed by atoms with Gasteiger partial charge in [0.25, 0.3) is 5.91 Å². The van der Waals surface area contributed by atoms with Crippen molar-refractivity contribution in [1.82, 2.24) is 15.3 Å². The smallest absolute Gasteiger partial charge is 0.255 e. The maximum absolute atomic E-state index is 13.5. The van der Waals surface area contributed by atoms with Crippen molar-refractivity contribution >= 4 is 67.5 Å². The Kier molecular flexibility index (Phi) is 7.11. The summed E-state index contributed by atoms with van der Waals surface area (Å²) in [5, 5.41) is 4.78. The first-order valence-electron chi connectivity index (χ1n) is 11.4. The van der Waals surface area contributed by atoms with E-state index in [0.717, 1.165) is 20.9 Å². The highest BCUT2D eigenvalue weighted by Crippen LogP contribution is 2.38. The van der Waals surface area contributed by atoms with Crippen molar-refractivity contribution in [3.8, 4) is 11.1 Å². The summed E-state index contributed by atoms with van der Waals surface area (Å²) in [6, 6.07) is 19.8. The van der Waals surface area contributed by atoms with Crippen molar-refractivity contribution in [2.24, 2.45) is 0 Å². The number of hydrogen-bond acceptors (Lipinski definition) is 3. The second-order valence-corrected chi connectivity index (χ2v) is 10.2. The lowest BCUT2D eigenvalue weighted by Gasteiger charge is -2.11. The summed E-state index contributed by atoms with van der Waals surface area (Å²) in [5.41, 5.74) is 9.98. The summed E-state index contributed by atoms with van der Waals surface area (Å²) >= 11 is 16.0. The fourth-order valence-corrected chi connectivity index (χ4v) is 5.14. The molecular formula is C28H21BrCl2N4O2. The fraction of sp³-hybridized carbons (Fsp3) is 0.0714. The number of nitrogen functional groups attached to an aromatic ring is 1. The molecule has 9 heteroatoms. The predicted octanol–water partition coefficient (Wildman–Crippen LogP) is 7.02. The Morgan fingerprint density at radius 3 is 2.51 bits per heavy atom. The Morgan fingerprint density at radius 2 is 1.76 bits per heavy atom. The van der Waals surface area contributed by atoms with Crippen molar-refractivity contribution < 1.29 is 9.59 Å². The van der Waals surface area contributed by atoms with Crippen LogP contribution in [0.3, 0.4) is 0 Å². The first kappa shape index (κ1) is 25.1. The lowest BCUT2D eigenvalue weighted by Crippen LogP contribution is -2.26. The van der Waals surface area contributed by atoms with Crippen molar-refractivity contribution in [3.63, 3.8) is 0 Å². The number of H-pyrrole nitrogens is 2. The topological polar surface area (TPSA) is 104 Å². The lowest BCUT2D eigenvalue weighted by molar-refractivity contribution is 0.0955. The third-order valence-corrected chi connectivity index (χ3v) is 7.22. The Bertz CT molecular complexity index is 1640.